The van der Waals surface area contributed by atoms with Crippen molar-refractivity contribution in [1.29, 1.82) is 0 Å². The Labute approximate surface area is 227 Å². The number of rotatable bonds is 10. The van der Waals surface area contributed by atoms with Gasteiger partial charge in [0.25, 0.3) is 0 Å². The van der Waals surface area contributed by atoms with Gasteiger partial charge in [0.05, 0.1) is 5.92 Å². The van der Waals surface area contributed by atoms with Crippen molar-refractivity contribution in [2.75, 3.05) is 0 Å². The Bertz CT molecular complexity index is 958. The zero-order chi connectivity index (χ0) is 28.0. The fourth-order valence-electron chi connectivity index (χ4n) is 6.85. The maximum atomic E-state index is 14.8. The number of allylic oxidation sites excluding steroid dienone is 3. The summed E-state index contributed by atoms with van der Waals surface area (Å²) < 4.78 is 88.8. The van der Waals surface area contributed by atoms with E-state index in [2.05, 4.69) is 23.5 Å². The summed E-state index contributed by atoms with van der Waals surface area (Å²) in [6, 6.07) is 2.00. The number of hydrogen-bond donors (Lipinski definition) is 0. The largest absolute Gasteiger partial charge is 0.573 e. The third-order valence-corrected chi connectivity index (χ3v) is 9.15. The molecule has 0 aromatic heterocycles. The van der Waals surface area contributed by atoms with E-state index in [1.54, 1.807) is 0 Å². The van der Waals surface area contributed by atoms with Crippen molar-refractivity contribution in [3.63, 3.8) is 0 Å². The molecule has 8 heteroatoms. The zero-order valence-corrected chi connectivity index (χ0v) is 22.4. The molecule has 1 aromatic rings. The second-order valence-corrected chi connectivity index (χ2v) is 11.8. The highest BCUT2D eigenvalue weighted by Crippen LogP contribution is 2.45. The van der Waals surface area contributed by atoms with Crippen molar-refractivity contribution in [1.82, 2.24) is 0 Å². The van der Waals surface area contributed by atoms with Crippen LogP contribution in [0.1, 0.15) is 83.5 Å². The molecule has 1 aromatic carbocycles. The Hall–Kier alpha value is -2.12. The molecule has 3 aliphatic rings. The topological polar surface area (TPSA) is 18.5 Å². The summed E-state index contributed by atoms with van der Waals surface area (Å²) in [5.74, 6) is -0.979. The predicted octanol–water partition coefficient (Wildman–Crippen LogP) is 10.2. The Morgan fingerprint density at radius 3 is 2.08 bits per heavy atom. The highest BCUT2D eigenvalue weighted by atomic mass is 19.4. The van der Waals surface area contributed by atoms with E-state index in [0.717, 1.165) is 37.2 Å². The van der Waals surface area contributed by atoms with Gasteiger partial charge in [0.2, 0.25) is 0 Å². The third-order valence-electron chi connectivity index (χ3n) is 9.15. The molecule has 0 spiro atoms. The molecule has 218 valence electrons. The Kier molecular flexibility index (Phi) is 9.97. The summed E-state index contributed by atoms with van der Waals surface area (Å²) in [6.45, 7) is 3.87. The summed E-state index contributed by atoms with van der Waals surface area (Å²) in [5, 5.41) is 0. The molecule has 0 aliphatic heterocycles. The first kappa shape index (κ1) is 29.9. The van der Waals surface area contributed by atoms with Gasteiger partial charge in [-0.05, 0) is 112 Å². The molecular weight excluding hydrogens is 518 g/mol. The van der Waals surface area contributed by atoms with Crippen LogP contribution in [-0.2, 0) is 0 Å². The van der Waals surface area contributed by atoms with Crippen molar-refractivity contribution in [2.24, 2.45) is 35.5 Å². The summed E-state index contributed by atoms with van der Waals surface area (Å²) in [6.07, 6.45) is 11.3. The minimum Gasteiger partial charge on any atom is -0.432 e. The van der Waals surface area contributed by atoms with Crippen molar-refractivity contribution in [3.8, 4) is 11.5 Å². The van der Waals surface area contributed by atoms with Gasteiger partial charge in [-0.3, -0.25) is 0 Å². The SMILES string of the molecule is C=CCC1CCC(CCC2C=CC(C3CCC(C(F)(F)Oc4ccc(OC(F)(F)F)c(F)c4)CC3)CC2)CC1. The molecule has 2 atom stereocenters. The molecule has 2 fully saturated rings. The van der Waals surface area contributed by atoms with Crippen LogP contribution in [0.4, 0.5) is 26.3 Å². The second kappa shape index (κ2) is 13.0. The van der Waals surface area contributed by atoms with Gasteiger partial charge in [0, 0.05) is 6.07 Å². The molecule has 0 heterocycles. The van der Waals surface area contributed by atoms with Gasteiger partial charge in [-0.1, -0.05) is 31.1 Å². The van der Waals surface area contributed by atoms with Crippen LogP contribution in [0, 0.1) is 41.3 Å². The molecule has 0 N–H and O–H groups in total. The van der Waals surface area contributed by atoms with E-state index in [9.17, 15) is 26.3 Å². The number of benzene rings is 1. The first-order chi connectivity index (χ1) is 18.5. The molecule has 0 amide bonds. The quantitative estimate of drug-likeness (QED) is 0.210. The maximum Gasteiger partial charge on any atom is 0.573 e. The van der Waals surface area contributed by atoms with Gasteiger partial charge in [0.15, 0.2) is 11.6 Å². The number of alkyl halides is 5. The predicted molar refractivity (Wildman–Crippen MR) is 139 cm³/mol. The van der Waals surface area contributed by atoms with Crippen LogP contribution in [0.3, 0.4) is 0 Å². The van der Waals surface area contributed by atoms with Crippen LogP contribution >= 0.6 is 0 Å². The van der Waals surface area contributed by atoms with E-state index in [-0.39, 0.29) is 12.8 Å². The lowest BCUT2D eigenvalue weighted by Crippen LogP contribution is -2.38. The van der Waals surface area contributed by atoms with E-state index in [4.69, 9.17) is 4.74 Å². The third kappa shape index (κ3) is 8.68. The van der Waals surface area contributed by atoms with E-state index in [1.807, 2.05) is 6.08 Å². The van der Waals surface area contributed by atoms with Crippen molar-refractivity contribution in [2.45, 2.75) is 95.9 Å². The van der Waals surface area contributed by atoms with Gasteiger partial charge in [0.1, 0.15) is 5.75 Å². The molecule has 2 nitrogen and oxygen atoms in total. The fraction of sp³-hybridized carbons (Fsp3) is 0.677. The minimum atomic E-state index is -5.08. The molecule has 39 heavy (non-hydrogen) atoms. The molecule has 0 saturated heterocycles. The van der Waals surface area contributed by atoms with Gasteiger partial charge in [-0.15, -0.1) is 19.8 Å². The fourth-order valence-corrected chi connectivity index (χ4v) is 6.85. The standard InChI is InChI=1S/C31H40F6O2/c1-2-3-21-4-6-22(7-5-21)8-9-23-10-12-24(13-11-23)25-14-16-26(17-15-25)30(33,34)38-27-18-19-29(28(32)20-27)39-31(35,36)37/h2,10,12,18-26H,1,3-9,11,13-17H2. The van der Waals surface area contributed by atoms with Crippen molar-refractivity contribution >= 4 is 0 Å². The van der Waals surface area contributed by atoms with Crippen LogP contribution in [0.15, 0.2) is 43.0 Å². The lowest BCUT2D eigenvalue weighted by atomic mass is 9.71. The van der Waals surface area contributed by atoms with Gasteiger partial charge < -0.3 is 9.47 Å². The van der Waals surface area contributed by atoms with Gasteiger partial charge in [-0.2, -0.15) is 8.78 Å². The first-order valence-electron chi connectivity index (χ1n) is 14.4. The van der Waals surface area contributed by atoms with Gasteiger partial charge >= 0.3 is 12.5 Å². The number of ether oxygens (including phenoxy) is 2. The Morgan fingerprint density at radius 1 is 0.795 bits per heavy atom. The van der Waals surface area contributed by atoms with Crippen molar-refractivity contribution in [3.05, 3.63) is 48.8 Å². The van der Waals surface area contributed by atoms with Crippen LogP contribution < -0.4 is 9.47 Å². The number of halogens is 6. The average Bonchev–Trinajstić information content (AvgIpc) is 2.90. The lowest BCUT2D eigenvalue weighted by Gasteiger charge is -2.37. The van der Waals surface area contributed by atoms with Crippen LogP contribution in [0.25, 0.3) is 0 Å². The summed E-state index contributed by atoms with van der Waals surface area (Å²) in [4.78, 5) is 0. The highest BCUT2D eigenvalue weighted by molar-refractivity contribution is 5.33. The average molecular weight is 559 g/mol. The van der Waals surface area contributed by atoms with Crippen LogP contribution in [-0.4, -0.2) is 12.5 Å². The van der Waals surface area contributed by atoms with E-state index in [0.29, 0.717) is 42.7 Å². The number of hydrogen-bond acceptors (Lipinski definition) is 2. The summed E-state index contributed by atoms with van der Waals surface area (Å²) in [5.41, 5.74) is 0. The molecule has 4 rings (SSSR count). The Morgan fingerprint density at radius 2 is 1.49 bits per heavy atom. The van der Waals surface area contributed by atoms with Crippen molar-refractivity contribution < 1.29 is 35.8 Å². The molecule has 2 saturated carbocycles. The highest BCUT2D eigenvalue weighted by Gasteiger charge is 2.45. The van der Waals surface area contributed by atoms with Gasteiger partial charge in [-0.25, -0.2) is 4.39 Å². The monoisotopic (exact) mass is 558 g/mol. The van der Waals surface area contributed by atoms with E-state index in [1.165, 1.54) is 38.5 Å². The molecule has 2 unspecified atom stereocenters. The summed E-state index contributed by atoms with van der Waals surface area (Å²) >= 11 is 0. The zero-order valence-electron chi connectivity index (χ0n) is 22.4. The molecule has 0 bridgehead atoms. The van der Waals surface area contributed by atoms with Crippen LogP contribution in [0.2, 0.25) is 0 Å². The van der Waals surface area contributed by atoms with E-state index < -0.39 is 35.7 Å². The smallest absolute Gasteiger partial charge is 0.432 e. The van der Waals surface area contributed by atoms with E-state index >= 15 is 0 Å². The van der Waals surface area contributed by atoms with Crippen LogP contribution in [0.5, 0.6) is 11.5 Å². The summed E-state index contributed by atoms with van der Waals surface area (Å²) in [7, 11) is 0. The lowest BCUT2D eigenvalue weighted by molar-refractivity contribution is -0.275. The second-order valence-electron chi connectivity index (χ2n) is 11.8. The molecular formula is C31H40F6O2. The Balaban J connectivity index is 1.19. The maximum absolute atomic E-state index is 14.8. The normalized spacial score (nSPS) is 30.1. The molecule has 0 radical (unpaired) electrons. The minimum absolute atomic E-state index is 0.289. The first-order valence-corrected chi connectivity index (χ1v) is 14.4. The molecule has 3 aliphatic carbocycles.